The summed E-state index contributed by atoms with van der Waals surface area (Å²) >= 11 is 1.22. The van der Waals surface area contributed by atoms with Gasteiger partial charge in [0.25, 0.3) is 10.0 Å². The van der Waals surface area contributed by atoms with E-state index in [0.29, 0.717) is 23.6 Å². The minimum atomic E-state index is -3.47. The van der Waals surface area contributed by atoms with Crippen molar-refractivity contribution in [3.8, 4) is 0 Å². The highest BCUT2D eigenvalue weighted by Gasteiger charge is 2.33. The summed E-state index contributed by atoms with van der Waals surface area (Å²) in [5.41, 5.74) is 0. The summed E-state index contributed by atoms with van der Waals surface area (Å²) in [6, 6.07) is 3.21. The minimum Gasteiger partial charge on any atom is -0.215 e. The molecule has 0 bridgehead atoms. The lowest BCUT2D eigenvalue weighted by Crippen LogP contribution is -2.45. The Bertz CT molecular complexity index is 684. The quantitative estimate of drug-likeness (QED) is 0.748. The van der Waals surface area contributed by atoms with Gasteiger partial charge in [-0.2, -0.15) is 4.31 Å². The molecule has 2 rings (SSSR count). The van der Waals surface area contributed by atoms with Crippen molar-refractivity contribution in [3.63, 3.8) is 0 Å². The molecule has 1 aliphatic heterocycles. The molecule has 132 valence electrons. The number of piperidine rings is 1. The molecule has 9 heteroatoms. The van der Waals surface area contributed by atoms with Crippen molar-refractivity contribution in [2.75, 3.05) is 18.8 Å². The van der Waals surface area contributed by atoms with Gasteiger partial charge in [-0.1, -0.05) is 19.4 Å². The Morgan fingerprint density at radius 2 is 2.09 bits per heavy atom. The van der Waals surface area contributed by atoms with E-state index in [4.69, 9.17) is 0 Å². The molecule has 0 spiro atoms. The fraction of sp³-hybridized carbons (Fsp3) is 0.714. The third-order valence-electron chi connectivity index (χ3n) is 3.90. The first-order valence-corrected chi connectivity index (χ1v) is 11.9. The van der Waals surface area contributed by atoms with Gasteiger partial charge in [0.1, 0.15) is 4.21 Å². The maximum atomic E-state index is 12.7. The lowest BCUT2D eigenvalue weighted by atomic mass is 10.0. The highest BCUT2D eigenvalue weighted by atomic mass is 32.2. The molecule has 0 aliphatic carbocycles. The monoisotopic (exact) mass is 380 g/mol. The predicted octanol–water partition coefficient (Wildman–Crippen LogP) is 2.01. The number of hydrogen-bond acceptors (Lipinski definition) is 5. The van der Waals surface area contributed by atoms with E-state index >= 15 is 0 Å². The van der Waals surface area contributed by atoms with Gasteiger partial charge in [0, 0.05) is 19.1 Å². The van der Waals surface area contributed by atoms with Gasteiger partial charge < -0.3 is 0 Å². The van der Waals surface area contributed by atoms with Crippen LogP contribution in [0.4, 0.5) is 0 Å². The average molecular weight is 381 g/mol. The van der Waals surface area contributed by atoms with E-state index in [-0.39, 0.29) is 18.3 Å². The molecule has 1 aromatic rings. The molecular formula is C14H24N2O4S3. The van der Waals surface area contributed by atoms with Gasteiger partial charge in [-0.15, -0.1) is 11.3 Å². The smallest absolute Gasteiger partial charge is 0.215 e. The van der Waals surface area contributed by atoms with Crippen LogP contribution in [0.15, 0.2) is 21.7 Å². The number of rotatable bonds is 8. The van der Waals surface area contributed by atoms with Crippen LogP contribution in [0.3, 0.4) is 0 Å². The molecule has 0 saturated carbocycles. The number of sulfonamides is 2. The van der Waals surface area contributed by atoms with Crippen molar-refractivity contribution >= 4 is 31.4 Å². The molecule has 1 fully saturated rings. The lowest BCUT2D eigenvalue weighted by Gasteiger charge is -2.34. The van der Waals surface area contributed by atoms with Crippen LogP contribution in [0.5, 0.6) is 0 Å². The number of nitrogens with zero attached hydrogens (tertiary/aromatic N) is 1. The van der Waals surface area contributed by atoms with Gasteiger partial charge in [-0.3, -0.25) is 0 Å². The van der Waals surface area contributed by atoms with Gasteiger partial charge >= 0.3 is 0 Å². The zero-order valence-electron chi connectivity index (χ0n) is 13.3. The largest absolute Gasteiger partial charge is 0.252 e. The van der Waals surface area contributed by atoms with E-state index in [0.717, 1.165) is 19.3 Å². The van der Waals surface area contributed by atoms with Crippen molar-refractivity contribution in [3.05, 3.63) is 17.5 Å². The van der Waals surface area contributed by atoms with Gasteiger partial charge in [-0.05, 0) is 37.1 Å². The van der Waals surface area contributed by atoms with Crippen molar-refractivity contribution in [2.24, 2.45) is 0 Å². The predicted molar refractivity (Wildman–Crippen MR) is 92.5 cm³/mol. The SMILES string of the molecule is CCCS(=O)(=O)NCCC1CCCCN1S(=O)(=O)c1cccs1. The third-order valence-corrected chi connectivity index (χ3v) is 8.82. The van der Waals surface area contributed by atoms with E-state index < -0.39 is 20.0 Å². The molecule has 1 N–H and O–H groups in total. The number of hydrogen-bond donors (Lipinski definition) is 1. The van der Waals surface area contributed by atoms with Crippen LogP contribution in [0.25, 0.3) is 0 Å². The summed E-state index contributed by atoms with van der Waals surface area (Å²) in [4.78, 5) is 0. The lowest BCUT2D eigenvalue weighted by molar-refractivity contribution is 0.242. The first-order valence-electron chi connectivity index (χ1n) is 7.89. The van der Waals surface area contributed by atoms with Crippen LogP contribution in [0, 0.1) is 0 Å². The van der Waals surface area contributed by atoms with E-state index in [1.165, 1.54) is 11.3 Å². The minimum absolute atomic E-state index is 0.106. The Balaban J connectivity index is 2.02. The summed E-state index contributed by atoms with van der Waals surface area (Å²) in [6.45, 7) is 2.60. The molecule has 1 atom stereocenters. The Hall–Kier alpha value is -0.480. The first-order chi connectivity index (χ1) is 10.9. The zero-order valence-corrected chi connectivity index (χ0v) is 15.7. The van der Waals surface area contributed by atoms with E-state index in [9.17, 15) is 16.8 Å². The average Bonchev–Trinajstić information content (AvgIpc) is 3.02. The molecule has 6 nitrogen and oxygen atoms in total. The van der Waals surface area contributed by atoms with Crippen LogP contribution in [0.1, 0.15) is 39.0 Å². The van der Waals surface area contributed by atoms with Gasteiger partial charge in [0.2, 0.25) is 10.0 Å². The summed E-state index contributed by atoms with van der Waals surface area (Å²) in [6.07, 6.45) is 3.68. The molecule has 23 heavy (non-hydrogen) atoms. The second-order valence-corrected chi connectivity index (χ2v) is 10.7. The Morgan fingerprint density at radius 1 is 1.30 bits per heavy atom. The highest BCUT2D eigenvalue weighted by molar-refractivity contribution is 7.91. The fourth-order valence-electron chi connectivity index (χ4n) is 2.83. The van der Waals surface area contributed by atoms with E-state index in [1.54, 1.807) is 21.8 Å². The summed E-state index contributed by atoms with van der Waals surface area (Å²) in [5, 5.41) is 1.75. The van der Waals surface area contributed by atoms with Crippen molar-refractivity contribution in [1.82, 2.24) is 9.03 Å². The second-order valence-electron chi connectivity index (χ2n) is 5.70. The maximum Gasteiger partial charge on any atom is 0.252 e. The molecule has 0 aromatic carbocycles. The Kier molecular flexibility index (Phi) is 6.61. The molecule has 1 aromatic heterocycles. The topological polar surface area (TPSA) is 83.6 Å². The molecular weight excluding hydrogens is 356 g/mol. The zero-order chi connectivity index (χ0) is 16.9. The van der Waals surface area contributed by atoms with E-state index in [2.05, 4.69) is 4.72 Å². The number of thiophene rings is 1. The summed E-state index contributed by atoms with van der Waals surface area (Å²) < 4.78 is 53.3. The normalized spacial score (nSPS) is 20.7. The van der Waals surface area contributed by atoms with E-state index in [1.807, 2.05) is 6.92 Å². The molecule has 1 saturated heterocycles. The van der Waals surface area contributed by atoms with Crippen LogP contribution in [-0.2, 0) is 20.0 Å². The fourth-order valence-corrected chi connectivity index (χ4v) is 6.78. The third kappa shape index (κ3) is 4.99. The maximum absolute atomic E-state index is 12.7. The van der Waals surface area contributed by atoms with Crippen molar-refractivity contribution in [1.29, 1.82) is 0 Å². The Labute approximate surface area is 143 Å². The van der Waals surface area contributed by atoms with Crippen LogP contribution >= 0.6 is 11.3 Å². The summed E-state index contributed by atoms with van der Waals surface area (Å²) in [7, 11) is -6.71. The second kappa shape index (κ2) is 8.06. The van der Waals surface area contributed by atoms with Gasteiger partial charge in [0.05, 0.1) is 5.75 Å². The standard InChI is InChI=1S/C14H24N2O4S3/c1-2-12-22(17,18)15-9-8-13-6-3-4-10-16(13)23(19,20)14-7-5-11-21-14/h5,7,11,13,15H,2-4,6,8-10,12H2,1H3. The highest BCUT2D eigenvalue weighted by Crippen LogP contribution is 2.29. The molecule has 0 amide bonds. The van der Waals surface area contributed by atoms with Gasteiger partial charge in [0.15, 0.2) is 0 Å². The van der Waals surface area contributed by atoms with Crippen LogP contribution < -0.4 is 4.72 Å². The molecule has 2 heterocycles. The molecule has 1 aliphatic rings. The summed E-state index contributed by atoms with van der Waals surface area (Å²) in [5.74, 6) is 0.106. The van der Waals surface area contributed by atoms with Crippen LogP contribution in [0.2, 0.25) is 0 Å². The van der Waals surface area contributed by atoms with Crippen LogP contribution in [-0.4, -0.2) is 46.0 Å². The van der Waals surface area contributed by atoms with Crippen molar-refractivity contribution < 1.29 is 16.8 Å². The molecule has 1 unspecified atom stereocenters. The number of nitrogens with one attached hydrogen (secondary N) is 1. The Morgan fingerprint density at radius 3 is 2.74 bits per heavy atom. The first kappa shape index (κ1) is 18.9. The van der Waals surface area contributed by atoms with Gasteiger partial charge in [-0.25, -0.2) is 21.6 Å². The molecule has 0 radical (unpaired) electrons. The van der Waals surface area contributed by atoms with Crippen molar-refractivity contribution in [2.45, 2.75) is 49.3 Å².